The number of carbonyl (C=O) groups excluding carboxylic acids is 2. The number of hydrogen-bond donors (Lipinski definition) is 2. The fourth-order valence-corrected chi connectivity index (χ4v) is 17.8. The van der Waals surface area contributed by atoms with Crippen LogP contribution >= 0.6 is 66.7 Å². The molecule has 1 aromatic heterocycles. The lowest BCUT2D eigenvalue weighted by molar-refractivity contribution is -0.704. The molecule has 0 saturated heterocycles. The molecule has 3 atom stereocenters. The Morgan fingerprint density at radius 3 is 1.87 bits per heavy atom. The molecule has 0 bridgehead atoms. The predicted octanol–water partition coefficient (Wildman–Crippen LogP) is 13.8. The molecule has 5 aromatic carbocycles. The molecule has 6 aromatic rings. The number of ether oxygens (including phenoxy) is 3. The van der Waals surface area contributed by atoms with Gasteiger partial charge in [0.1, 0.15) is 19.0 Å². The van der Waals surface area contributed by atoms with Gasteiger partial charge in [-0.05, 0) is 116 Å². The summed E-state index contributed by atoms with van der Waals surface area (Å²) in [5, 5.41) is 18.4. The number of rotatable bonds is 21. The van der Waals surface area contributed by atoms with Crippen molar-refractivity contribution in [1.82, 2.24) is 0 Å². The number of aliphatic hydroxyl groups excluding tert-OH is 2. The van der Waals surface area contributed by atoms with Crippen molar-refractivity contribution in [3.05, 3.63) is 171 Å². The molecule has 4 aliphatic heterocycles. The number of aliphatic imine (C=N–C) groups is 2. The first kappa shape index (κ1) is 58.8. The number of amides is 1. The minimum Gasteiger partial charge on any atom is -0.493 e. The van der Waals surface area contributed by atoms with E-state index in [1.807, 2.05) is 142 Å². The number of benzene rings is 5. The minimum absolute atomic E-state index is 0.0190. The van der Waals surface area contributed by atoms with Crippen molar-refractivity contribution in [3.63, 3.8) is 0 Å². The van der Waals surface area contributed by atoms with Gasteiger partial charge in [-0.3, -0.25) is 24.5 Å². The van der Waals surface area contributed by atoms with Crippen molar-refractivity contribution in [2.24, 2.45) is 15.9 Å². The number of aromatic nitrogens is 1. The SMILES string of the molecule is COc1cc2c(cc1OCc1cc(COc3cc4c(cc3C)C(=O)N3c5ccccc5C[C@H]3C=N4)cc(CSCC(C)(C)SSC)c1)N=C[C@@H]1Cc3cccc[n+]3C1C2=O.CSSC(C)(C)CSCc1cc(CO)cc(CO)c1. The summed E-state index contributed by atoms with van der Waals surface area (Å²) in [6.07, 6.45) is 11.5. The average Bonchev–Trinajstić information content (AvgIpc) is 4.09. The third-order valence-corrected chi connectivity index (χ3v) is 22.4. The van der Waals surface area contributed by atoms with Gasteiger partial charge in [0.05, 0.1) is 54.8 Å². The summed E-state index contributed by atoms with van der Waals surface area (Å²) in [5.74, 6) is 5.48. The number of para-hydroxylation sites is 1. The van der Waals surface area contributed by atoms with Crippen LogP contribution in [0.15, 0.2) is 119 Å². The normalized spacial score (nSPS) is 16.9. The van der Waals surface area contributed by atoms with Crippen LogP contribution in [0.4, 0.5) is 17.1 Å². The predicted molar refractivity (Wildman–Crippen MR) is 335 cm³/mol. The first-order valence-corrected chi connectivity index (χ1v) is 33.7. The quantitative estimate of drug-likeness (QED) is 0.0524. The largest absolute Gasteiger partial charge is 0.493 e. The Morgan fingerprint density at radius 2 is 1.23 bits per heavy atom. The fraction of sp³-hybridized carbons (Fsp3) is 0.371. The highest BCUT2D eigenvalue weighted by atomic mass is 33.1. The molecule has 4 aliphatic rings. The number of ketones is 1. The summed E-state index contributed by atoms with van der Waals surface area (Å²) in [7, 11) is 8.99. The van der Waals surface area contributed by atoms with Crippen molar-refractivity contribution in [2.45, 2.75) is 107 Å². The van der Waals surface area contributed by atoms with E-state index < -0.39 is 0 Å². The second-order valence-electron chi connectivity index (χ2n) is 21.3. The summed E-state index contributed by atoms with van der Waals surface area (Å²) in [6.45, 7) is 11.7. The smallest absolute Gasteiger partial charge is 0.261 e. The van der Waals surface area contributed by atoms with E-state index in [9.17, 15) is 19.8 Å². The van der Waals surface area contributed by atoms with E-state index in [0.717, 1.165) is 80.6 Å². The van der Waals surface area contributed by atoms with Crippen LogP contribution in [0.2, 0.25) is 0 Å². The van der Waals surface area contributed by atoms with Crippen molar-refractivity contribution in [3.8, 4) is 17.2 Å². The Balaban J connectivity index is 0.000000339. The number of nitrogens with zero attached hydrogens (tertiary/aromatic N) is 4. The number of aryl methyl sites for hydroxylation is 1. The number of anilines is 1. The molecule has 10 rings (SSSR count). The second-order valence-corrected chi connectivity index (χ2v) is 29.5. The van der Waals surface area contributed by atoms with Crippen molar-refractivity contribution in [1.29, 1.82) is 0 Å². The molecule has 414 valence electrons. The first-order valence-electron chi connectivity index (χ1n) is 26.3. The second kappa shape index (κ2) is 26.4. The number of pyridine rings is 1. The molecule has 0 spiro atoms. The van der Waals surface area contributed by atoms with Gasteiger partial charge in [0.25, 0.3) is 5.91 Å². The number of aliphatic hydroxyl groups is 2. The molecule has 1 unspecified atom stereocenters. The van der Waals surface area contributed by atoms with Crippen LogP contribution in [0.3, 0.4) is 0 Å². The van der Waals surface area contributed by atoms with Gasteiger partial charge in [0.2, 0.25) is 11.8 Å². The number of thioether (sulfide) groups is 2. The summed E-state index contributed by atoms with van der Waals surface area (Å²) < 4.78 is 21.3. The molecule has 11 nitrogen and oxygen atoms in total. The number of carbonyl (C=O) groups is 2. The molecule has 0 saturated carbocycles. The van der Waals surface area contributed by atoms with E-state index in [1.54, 1.807) is 34.8 Å². The maximum absolute atomic E-state index is 14.0. The van der Waals surface area contributed by atoms with Gasteiger partial charge in [-0.25, -0.2) is 0 Å². The van der Waals surface area contributed by atoms with Gasteiger partial charge in [-0.2, -0.15) is 28.1 Å². The van der Waals surface area contributed by atoms with Crippen LogP contribution in [0, 0.1) is 12.8 Å². The maximum atomic E-state index is 14.0. The average molecular weight is 1170 g/mol. The fourth-order valence-electron chi connectivity index (χ4n) is 10.5. The molecule has 0 fully saturated rings. The summed E-state index contributed by atoms with van der Waals surface area (Å²) in [4.78, 5) is 39.5. The molecule has 1 amide bonds. The Bertz CT molecular complexity index is 3240. The van der Waals surface area contributed by atoms with E-state index in [0.29, 0.717) is 46.4 Å². The Labute approximate surface area is 489 Å². The molecule has 0 radical (unpaired) electrons. The molecule has 5 heterocycles. The Morgan fingerprint density at radius 1 is 0.658 bits per heavy atom. The van der Waals surface area contributed by atoms with Gasteiger partial charge in [-0.1, -0.05) is 97.8 Å². The molecular weight excluding hydrogens is 1110 g/mol. The van der Waals surface area contributed by atoms with Crippen molar-refractivity contribution >= 4 is 108 Å². The van der Waals surface area contributed by atoms with Crippen LogP contribution in [-0.4, -0.2) is 81.0 Å². The van der Waals surface area contributed by atoms with E-state index in [4.69, 9.17) is 24.2 Å². The number of methoxy groups -OCH3 is 1. The van der Waals surface area contributed by atoms with E-state index in [2.05, 4.69) is 75.1 Å². The van der Waals surface area contributed by atoms with Gasteiger partial charge in [0.15, 0.2) is 23.4 Å². The Hall–Kier alpha value is -4.85. The van der Waals surface area contributed by atoms with Crippen molar-refractivity contribution in [2.75, 3.05) is 36.0 Å². The van der Waals surface area contributed by atoms with Crippen LogP contribution in [0.1, 0.15) is 105 Å². The molecular formula is C62H69N4O7S6+. The third kappa shape index (κ3) is 14.3. The third-order valence-electron chi connectivity index (χ3n) is 13.9. The number of hydrogen-bond acceptors (Lipinski definition) is 15. The van der Waals surface area contributed by atoms with Crippen LogP contribution < -0.4 is 23.7 Å². The number of fused-ring (bicyclic) bond motifs is 8. The minimum atomic E-state index is -0.338. The summed E-state index contributed by atoms with van der Waals surface area (Å²) >= 11 is 3.81. The molecule has 0 aliphatic carbocycles. The summed E-state index contributed by atoms with van der Waals surface area (Å²) in [5.41, 5.74) is 12.5. The highest BCUT2D eigenvalue weighted by Gasteiger charge is 2.46. The molecule has 2 N–H and O–H groups in total. The standard InChI is InChI=1S/C48H47N4O5S3.C14H22O2S3/c1-29-14-38-40(50-24-36-18-33-10-6-7-12-41(33)52(36)47(38)54)21-42(29)56-25-30-15-31(17-32(16-30)27-59-28-48(2,3)60-58-5)26-57-44-22-39-37(20-43(44)55-4)46(53)45-34(23-49-39)19-35-11-8-9-13-51(35)45;1-14(2,19-17-3)10-18-9-13-5-11(7-15)4-12(6-13)8-16/h6-17,20-24,34,36,45H,18-19,25-28H2,1-5H3;4-6,15-16H,7-10H2,1-3H3/q+1;/t34-,36-,45?;/m0./s1. The Kier molecular flexibility index (Phi) is 19.6. The first-order chi connectivity index (χ1) is 38.1. The highest BCUT2D eigenvalue weighted by molar-refractivity contribution is 8.77. The lowest BCUT2D eigenvalue weighted by atomic mass is 9.94. The van der Waals surface area contributed by atoms with Gasteiger partial charge in [-0.15, -0.1) is 0 Å². The lowest BCUT2D eigenvalue weighted by Crippen LogP contribution is -2.44. The zero-order chi connectivity index (χ0) is 55.8. The lowest BCUT2D eigenvalue weighted by Gasteiger charge is -2.22. The van der Waals surface area contributed by atoms with Gasteiger partial charge < -0.3 is 24.4 Å². The number of Topliss-reactive ketones (excluding diaryl/α,β-unsaturated/α-hetero) is 1. The maximum Gasteiger partial charge on any atom is 0.261 e. The summed E-state index contributed by atoms with van der Waals surface area (Å²) in [6, 6.07) is 33.5. The topological polar surface area (TPSA) is 134 Å². The van der Waals surface area contributed by atoms with Gasteiger partial charge in [0, 0.05) is 87.7 Å². The molecule has 79 heavy (non-hydrogen) atoms. The van der Waals surface area contributed by atoms with Gasteiger partial charge >= 0.3 is 0 Å². The van der Waals surface area contributed by atoms with E-state index in [1.165, 1.54) is 11.1 Å². The van der Waals surface area contributed by atoms with Crippen LogP contribution in [0.5, 0.6) is 17.2 Å². The van der Waals surface area contributed by atoms with Crippen LogP contribution in [-0.2, 0) is 50.8 Å². The van der Waals surface area contributed by atoms with Crippen molar-refractivity contribution < 1.29 is 38.6 Å². The zero-order valence-electron chi connectivity index (χ0n) is 46.0. The monoisotopic (exact) mass is 1170 g/mol. The van der Waals surface area contributed by atoms with Crippen LogP contribution in [0.25, 0.3) is 0 Å². The zero-order valence-corrected chi connectivity index (χ0v) is 50.9. The van der Waals surface area contributed by atoms with E-state index >= 15 is 0 Å². The highest BCUT2D eigenvalue weighted by Crippen LogP contribution is 2.43. The molecule has 17 heteroatoms. The van der Waals surface area contributed by atoms with E-state index in [-0.39, 0.29) is 59.0 Å².